The van der Waals surface area contributed by atoms with Crippen LogP contribution in [0.25, 0.3) is 0 Å². The first-order valence-corrected chi connectivity index (χ1v) is 8.88. The molecule has 0 radical (unpaired) electrons. The van der Waals surface area contributed by atoms with Gasteiger partial charge in [-0.25, -0.2) is 4.79 Å². The molecule has 8 N–H and O–H groups in total. The number of carbonyl (C=O) groups is 4. The highest BCUT2D eigenvalue weighted by Crippen LogP contribution is 2.01. The average molecular weight is 408 g/mol. The second-order valence-corrected chi connectivity index (χ2v) is 6.69. The van der Waals surface area contributed by atoms with E-state index in [1.807, 2.05) is 5.32 Å². The van der Waals surface area contributed by atoms with Gasteiger partial charge in [-0.05, 0) is 12.8 Å². The molecule has 0 rings (SSSR count). The number of amides is 3. The molecule has 0 saturated carbocycles. The summed E-state index contributed by atoms with van der Waals surface area (Å²) in [6.45, 7) is 3.80. The fraction of sp³-hybridized carbons (Fsp3) is 0.733. The zero-order valence-corrected chi connectivity index (χ0v) is 16.3. The number of aliphatic hydroxyl groups excluding tert-OH is 2. The van der Waals surface area contributed by atoms with Crippen molar-refractivity contribution in [2.45, 2.75) is 51.0 Å². The second kappa shape index (κ2) is 11.7. The fourth-order valence-electron chi connectivity index (χ4n) is 1.87. The van der Waals surface area contributed by atoms with Gasteiger partial charge in [-0.1, -0.05) is 13.8 Å². The van der Waals surface area contributed by atoms with Crippen LogP contribution in [0.15, 0.2) is 0 Å². The number of aliphatic carboxylic acids is 1. The van der Waals surface area contributed by atoms with Crippen molar-refractivity contribution in [2.75, 3.05) is 12.4 Å². The maximum Gasteiger partial charge on any atom is 0.328 e. The molecule has 0 aromatic carbocycles. The van der Waals surface area contributed by atoms with Gasteiger partial charge >= 0.3 is 5.97 Å². The van der Waals surface area contributed by atoms with Gasteiger partial charge in [0.05, 0.1) is 18.8 Å². The maximum absolute atomic E-state index is 12.3. The zero-order chi connectivity index (χ0) is 21.3. The molecule has 12 heteroatoms. The molecule has 0 heterocycles. The summed E-state index contributed by atoms with van der Waals surface area (Å²) >= 11 is 3.98. The van der Waals surface area contributed by atoms with Gasteiger partial charge in [-0.2, -0.15) is 12.6 Å². The molecule has 27 heavy (non-hydrogen) atoms. The minimum atomic E-state index is -1.60. The number of hydrogen-bond donors (Lipinski definition) is 8. The summed E-state index contributed by atoms with van der Waals surface area (Å²) in [5, 5.41) is 34.2. The van der Waals surface area contributed by atoms with E-state index in [0.717, 1.165) is 0 Å². The zero-order valence-electron chi connectivity index (χ0n) is 15.4. The summed E-state index contributed by atoms with van der Waals surface area (Å²) in [6, 6.07) is -5.09. The highest BCUT2D eigenvalue weighted by Gasteiger charge is 2.32. The van der Waals surface area contributed by atoms with Gasteiger partial charge in [0.15, 0.2) is 0 Å². The van der Waals surface area contributed by atoms with E-state index >= 15 is 0 Å². The summed E-state index contributed by atoms with van der Waals surface area (Å²) in [7, 11) is 0. The van der Waals surface area contributed by atoms with Crippen LogP contribution < -0.4 is 21.7 Å². The number of thiol groups is 1. The summed E-state index contributed by atoms with van der Waals surface area (Å²) < 4.78 is 0. The predicted octanol–water partition coefficient (Wildman–Crippen LogP) is -3.19. The van der Waals surface area contributed by atoms with Crippen molar-refractivity contribution in [3.63, 3.8) is 0 Å². The Labute approximate surface area is 162 Å². The van der Waals surface area contributed by atoms with Crippen molar-refractivity contribution in [2.24, 2.45) is 11.7 Å². The molecule has 5 unspecified atom stereocenters. The molecule has 3 amide bonds. The number of aliphatic hydroxyl groups is 2. The number of nitrogens with one attached hydrogen (secondary N) is 3. The van der Waals surface area contributed by atoms with Gasteiger partial charge in [0.2, 0.25) is 17.7 Å². The van der Waals surface area contributed by atoms with E-state index in [2.05, 4.69) is 23.3 Å². The first-order valence-electron chi connectivity index (χ1n) is 8.25. The normalized spacial score (nSPS) is 16.6. The highest BCUT2D eigenvalue weighted by molar-refractivity contribution is 7.80. The Bertz CT molecular complexity index is 544. The molecule has 0 spiro atoms. The maximum atomic E-state index is 12.3. The van der Waals surface area contributed by atoms with Gasteiger partial charge in [0.1, 0.15) is 18.1 Å². The van der Waals surface area contributed by atoms with Crippen molar-refractivity contribution in [1.29, 1.82) is 0 Å². The molecule has 11 nitrogen and oxygen atoms in total. The van der Waals surface area contributed by atoms with Gasteiger partial charge in [0, 0.05) is 5.75 Å². The molecule has 156 valence electrons. The van der Waals surface area contributed by atoms with Crippen molar-refractivity contribution >= 4 is 36.3 Å². The van der Waals surface area contributed by atoms with Crippen LogP contribution in [0.2, 0.25) is 0 Å². The first kappa shape index (κ1) is 25.1. The Morgan fingerprint density at radius 2 is 1.48 bits per heavy atom. The number of carboxylic acids is 1. The van der Waals surface area contributed by atoms with Crippen molar-refractivity contribution in [3.05, 3.63) is 0 Å². The number of hydrogen-bond acceptors (Lipinski definition) is 8. The molecule has 0 aliphatic carbocycles. The fourth-order valence-corrected chi connectivity index (χ4v) is 2.13. The monoisotopic (exact) mass is 408 g/mol. The predicted molar refractivity (Wildman–Crippen MR) is 98.9 cm³/mol. The number of carboxylic acid groups (broad SMARTS) is 1. The van der Waals surface area contributed by atoms with E-state index in [0.29, 0.717) is 0 Å². The topological polar surface area (TPSA) is 191 Å². The molecule has 0 fully saturated rings. The van der Waals surface area contributed by atoms with E-state index in [1.54, 1.807) is 13.8 Å². The number of nitrogens with two attached hydrogens (primary N) is 1. The largest absolute Gasteiger partial charge is 0.480 e. The van der Waals surface area contributed by atoms with Crippen LogP contribution in [0, 0.1) is 5.92 Å². The first-order chi connectivity index (χ1) is 12.5. The lowest BCUT2D eigenvalue weighted by Gasteiger charge is -2.26. The van der Waals surface area contributed by atoms with E-state index in [1.165, 1.54) is 6.92 Å². The van der Waals surface area contributed by atoms with Gasteiger partial charge < -0.3 is 37.0 Å². The Morgan fingerprint density at radius 1 is 0.963 bits per heavy atom. The molecular weight excluding hydrogens is 380 g/mol. The van der Waals surface area contributed by atoms with E-state index < -0.39 is 60.6 Å². The lowest BCUT2D eigenvalue weighted by atomic mass is 10.0. The van der Waals surface area contributed by atoms with E-state index in [9.17, 15) is 24.3 Å². The molecule has 0 aromatic heterocycles. The quantitative estimate of drug-likeness (QED) is 0.164. The standard InChI is InChI=1S/C15H28N4O7S/c1-6(2)10(16)13(23)18-9(5-27)12(22)19-11(7(3)21)14(24)17-8(4-20)15(25)26/h6-11,20-21,27H,4-5,16H2,1-3H3,(H,17,24)(H,18,23)(H,19,22)(H,25,26). The second-order valence-electron chi connectivity index (χ2n) is 6.32. The van der Waals surface area contributed by atoms with E-state index in [4.69, 9.17) is 15.9 Å². The van der Waals surface area contributed by atoms with Crippen LogP contribution in [-0.2, 0) is 19.2 Å². The average Bonchev–Trinajstić information content (AvgIpc) is 2.59. The summed E-state index contributed by atoms with van der Waals surface area (Å²) in [5.74, 6) is -4.16. The van der Waals surface area contributed by atoms with Gasteiger partial charge in [-0.15, -0.1) is 0 Å². The summed E-state index contributed by atoms with van der Waals surface area (Å²) in [4.78, 5) is 47.4. The van der Waals surface area contributed by atoms with E-state index in [-0.39, 0.29) is 11.7 Å². The lowest BCUT2D eigenvalue weighted by molar-refractivity contribution is -0.144. The molecule has 0 bridgehead atoms. The van der Waals surface area contributed by atoms with Crippen molar-refractivity contribution < 1.29 is 34.5 Å². The van der Waals surface area contributed by atoms with Crippen molar-refractivity contribution in [1.82, 2.24) is 16.0 Å². The highest BCUT2D eigenvalue weighted by atomic mass is 32.1. The van der Waals surface area contributed by atoms with Gasteiger partial charge in [0.25, 0.3) is 0 Å². The molecule has 0 aliphatic rings. The molecule has 5 atom stereocenters. The molecule has 0 aliphatic heterocycles. The van der Waals surface area contributed by atoms with Crippen LogP contribution in [0.3, 0.4) is 0 Å². The minimum absolute atomic E-state index is 0.106. The smallest absolute Gasteiger partial charge is 0.328 e. The molecule has 0 aromatic rings. The Hall–Kier alpha value is -1.89. The van der Waals surface area contributed by atoms with Crippen LogP contribution in [0.5, 0.6) is 0 Å². The van der Waals surface area contributed by atoms with Crippen LogP contribution in [0.1, 0.15) is 20.8 Å². The van der Waals surface area contributed by atoms with Crippen LogP contribution >= 0.6 is 12.6 Å². The lowest BCUT2D eigenvalue weighted by Crippen LogP contribution is -2.60. The minimum Gasteiger partial charge on any atom is -0.480 e. The Kier molecular flexibility index (Phi) is 10.9. The SMILES string of the molecule is CC(C)C(N)C(=O)NC(CS)C(=O)NC(C(=O)NC(CO)C(=O)O)C(C)O. The summed E-state index contributed by atoms with van der Waals surface area (Å²) in [5.41, 5.74) is 5.71. The van der Waals surface area contributed by atoms with Crippen LogP contribution in [0.4, 0.5) is 0 Å². The third kappa shape index (κ3) is 8.12. The third-order valence-corrected chi connectivity index (χ3v) is 4.06. The van der Waals surface area contributed by atoms with Gasteiger partial charge in [-0.3, -0.25) is 14.4 Å². The third-order valence-electron chi connectivity index (χ3n) is 3.70. The number of carbonyl (C=O) groups excluding carboxylic acids is 3. The molecular formula is C15H28N4O7S. The molecule has 0 saturated heterocycles. The van der Waals surface area contributed by atoms with Crippen LogP contribution in [-0.4, -0.2) is 81.6 Å². The number of rotatable bonds is 11. The Balaban J connectivity index is 5.10. The summed E-state index contributed by atoms with van der Waals surface area (Å²) in [6.07, 6.45) is -1.38. The Morgan fingerprint density at radius 3 is 1.85 bits per heavy atom. The van der Waals surface area contributed by atoms with Crippen molar-refractivity contribution in [3.8, 4) is 0 Å².